The molecule has 7 nitrogen and oxygen atoms in total. The van der Waals surface area contributed by atoms with Crippen LogP contribution in [0.2, 0.25) is 0 Å². The molecule has 174 valence electrons. The number of hydrogen-bond acceptors (Lipinski definition) is 5. The van der Waals surface area contributed by atoms with E-state index in [1.165, 1.54) is 0 Å². The Morgan fingerprint density at radius 2 is 1.56 bits per heavy atom. The van der Waals surface area contributed by atoms with Gasteiger partial charge in [-0.05, 0) is 40.8 Å². The molecule has 0 bridgehead atoms. The van der Waals surface area contributed by atoms with Gasteiger partial charge < -0.3 is 14.8 Å². The number of carbonyl (C=O) groups is 1. The second-order valence-electron chi connectivity index (χ2n) is 9.65. The summed E-state index contributed by atoms with van der Waals surface area (Å²) in [7, 11) is -3.67. The second-order valence-corrected chi connectivity index (χ2v) is 11.4. The Kier molecular flexibility index (Phi) is 6.86. The van der Waals surface area contributed by atoms with Gasteiger partial charge in [-0.3, -0.25) is 4.79 Å². The van der Waals surface area contributed by atoms with E-state index in [9.17, 15) is 13.2 Å². The lowest BCUT2D eigenvalue weighted by atomic mass is 9.84. The minimum absolute atomic E-state index is 0.0274. The van der Waals surface area contributed by atoms with Crippen molar-refractivity contribution in [2.75, 3.05) is 19.9 Å². The third-order valence-electron chi connectivity index (χ3n) is 5.56. The van der Waals surface area contributed by atoms with E-state index in [4.69, 9.17) is 9.47 Å². The number of ether oxygens (including phenoxy) is 2. The zero-order valence-electron chi connectivity index (χ0n) is 19.3. The lowest BCUT2D eigenvalue weighted by Gasteiger charge is -2.26. The first-order valence-electron chi connectivity index (χ1n) is 10.7. The highest BCUT2D eigenvalue weighted by Gasteiger charge is 2.25. The van der Waals surface area contributed by atoms with E-state index in [1.807, 2.05) is 44.2 Å². The fraction of sp³-hybridized carbons (Fsp3) is 0.458. The molecule has 2 aromatic carbocycles. The van der Waals surface area contributed by atoms with Crippen LogP contribution in [0, 0.1) is 0 Å². The molecule has 2 aromatic rings. The molecule has 0 unspecified atom stereocenters. The van der Waals surface area contributed by atoms with Crippen molar-refractivity contribution in [3.63, 3.8) is 0 Å². The molecule has 8 heteroatoms. The van der Waals surface area contributed by atoms with Gasteiger partial charge in [-0.15, -0.1) is 0 Å². The maximum Gasteiger partial charge on any atom is 0.240 e. The van der Waals surface area contributed by atoms with E-state index in [-0.39, 0.29) is 41.4 Å². The number of rotatable bonds is 8. The van der Waals surface area contributed by atoms with Crippen LogP contribution < -0.4 is 19.5 Å². The normalized spacial score (nSPS) is 13.8. The van der Waals surface area contributed by atoms with Crippen LogP contribution >= 0.6 is 0 Å². The zero-order chi connectivity index (χ0) is 23.6. The standard InChI is InChI=1S/C24H32N2O5S/c1-23(2,3)17-6-9-19(10-7-17)32(28,29)26-13-12-22(27)25-15-24(4,5)18-8-11-20-21(14-18)31-16-30-20/h6-11,14,26H,12-13,15-16H2,1-5H3,(H,25,27). The van der Waals surface area contributed by atoms with Gasteiger partial charge in [-0.2, -0.15) is 0 Å². The van der Waals surface area contributed by atoms with Crippen molar-refractivity contribution < 1.29 is 22.7 Å². The molecule has 1 heterocycles. The van der Waals surface area contributed by atoms with Crippen LogP contribution in [0.5, 0.6) is 11.5 Å². The molecule has 0 saturated heterocycles. The number of hydrogen-bond donors (Lipinski definition) is 2. The molecule has 0 saturated carbocycles. The van der Waals surface area contributed by atoms with E-state index in [2.05, 4.69) is 30.8 Å². The first-order chi connectivity index (χ1) is 14.9. The molecular weight excluding hydrogens is 428 g/mol. The lowest BCUT2D eigenvalue weighted by molar-refractivity contribution is -0.121. The topological polar surface area (TPSA) is 93.7 Å². The predicted molar refractivity (Wildman–Crippen MR) is 124 cm³/mol. The maximum absolute atomic E-state index is 12.5. The van der Waals surface area contributed by atoms with E-state index in [0.29, 0.717) is 18.0 Å². The minimum atomic E-state index is -3.67. The average Bonchev–Trinajstić information content (AvgIpc) is 3.20. The number of sulfonamides is 1. The van der Waals surface area contributed by atoms with Gasteiger partial charge in [-0.25, -0.2) is 13.1 Å². The summed E-state index contributed by atoms with van der Waals surface area (Å²) in [5.74, 6) is 1.20. The van der Waals surface area contributed by atoms with Crippen molar-refractivity contribution in [3.05, 3.63) is 53.6 Å². The summed E-state index contributed by atoms with van der Waals surface area (Å²) in [6.45, 7) is 10.9. The Labute approximate surface area is 190 Å². The van der Waals surface area contributed by atoms with Gasteiger partial charge in [0.05, 0.1) is 4.90 Å². The van der Waals surface area contributed by atoms with Crippen molar-refractivity contribution in [1.82, 2.24) is 10.0 Å². The summed E-state index contributed by atoms with van der Waals surface area (Å²) in [4.78, 5) is 12.5. The zero-order valence-corrected chi connectivity index (χ0v) is 20.1. The summed E-state index contributed by atoms with van der Waals surface area (Å²) in [6, 6.07) is 12.6. The van der Waals surface area contributed by atoms with Gasteiger partial charge in [0.25, 0.3) is 0 Å². The first-order valence-corrected chi connectivity index (χ1v) is 12.1. The SMILES string of the molecule is CC(C)(C)c1ccc(S(=O)(=O)NCCC(=O)NCC(C)(C)c2ccc3c(c2)OCO3)cc1. The lowest BCUT2D eigenvalue weighted by Crippen LogP contribution is -2.38. The van der Waals surface area contributed by atoms with Crippen LogP contribution in [0.25, 0.3) is 0 Å². The Balaban J connectivity index is 1.49. The molecule has 0 spiro atoms. The van der Waals surface area contributed by atoms with E-state index < -0.39 is 10.0 Å². The van der Waals surface area contributed by atoms with E-state index in [1.54, 1.807) is 12.1 Å². The molecule has 0 atom stereocenters. The van der Waals surface area contributed by atoms with Gasteiger partial charge in [0.15, 0.2) is 11.5 Å². The molecule has 0 radical (unpaired) electrons. The van der Waals surface area contributed by atoms with Crippen LogP contribution in [-0.2, 0) is 25.6 Å². The predicted octanol–water partition coefficient (Wildman–Crippen LogP) is 3.48. The second kappa shape index (κ2) is 9.11. The summed E-state index contributed by atoms with van der Waals surface area (Å²) < 4.78 is 38.3. The van der Waals surface area contributed by atoms with Crippen LogP contribution in [0.3, 0.4) is 0 Å². The van der Waals surface area contributed by atoms with Gasteiger partial charge in [0.2, 0.25) is 22.7 Å². The Morgan fingerprint density at radius 3 is 2.22 bits per heavy atom. The number of amides is 1. The Morgan fingerprint density at radius 1 is 0.938 bits per heavy atom. The summed E-state index contributed by atoms with van der Waals surface area (Å²) in [6.07, 6.45) is 0.0521. The number of fused-ring (bicyclic) bond motifs is 1. The van der Waals surface area contributed by atoms with Crippen molar-refractivity contribution in [2.45, 2.75) is 56.8 Å². The molecule has 0 aromatic heterocycles. The van der Waals surface area contributed by atoms with Gasteiger partial charge in [0.1, 0.15) is 0 Å². The molecule has 32 heavy (non-hydrogen) atoms. The third-order valence-corrected chi connectivity index (χ3v) is 7.03. The highest BCUT2D eigenvalue weighted by atomic mass is 32.2. The highest BCUT2D eigenvalue weighted by Crippen LogP contribution is 2.36. The third kappa shape index (κ3) is 5.81. The Bertz CT molecular complexity index is 1070. The largest absolute Gasteiger partial charge is 0.454 e. The van der Waals surface area contributed by atoms with E-state index >= 15 is 0 Å². The van der Waals surface area contributed by atoms with Crippen molar-refractivity contribution in [2.24, 2.45) is 0 Å². The van der Waals surface area contributed by atoms with Crippen LogP contribution in [0.15, 0.2) is 47.4 Å². The van der Waals surface area contributed by atoms with Crippen LogP contribution in [0.1, 0.15) is 52.2 Å². The number of carbonyl (C=O) groups excluding carboxylic acids is 1. The van der Waals surface area contributed by atoms with Crippen LogP contribution in [0.4, 0.5) is 0 Å². The summed E-state index contributed by atoms with van der Waals surface area (Å²) in [5, 5.41) is 2.89. The van der Waals surface area contributed by atoms with Crippen molar-refractivity contribution >= 4 is 15.9 Å². The average molecular weight is 461 g/mol. The molecule has 1 aliphatic rings. The molecule has 3 rings (SSSR count). The maximum atomic E-state index is 12.5. The van der Waals surface area contributed by atoms with Gasteiger partial charge in [-0.1, -0.05) is 52.8 Å². The highest BCUT2D eigenvalue weighted by molar-refractivity contribution is 7.89. The first kappa shape index (κ1) is 24.1. The Hall–Kier alpha value is -2.58. The number of nitrogens with one attached hydrogen (secondary N) is 2. The molecule has 1 amide bonds. The molecule has 1 aliphatic heterocycles. The fourth-order valence-electron chi connectivity index (χ4n) is 3.34. The van der Waals surface area contributed by atoms with Gasteiger partial charge in [0, 0.05) is 24.9 Å². The fourth-order valence-corrected chi connectivity index (χ4v) is 4.38. The minimum Gasteiger partial charge on any atom is -0.454 e. The monoisotopic (exact) mass is 460 g/mol. The van der Waals surface area contributed by atoms with Gasteiger partial charge >= 0.3 is 0 Å². The van der Waals surface area contributed by atoms with Crippen LogP contribution in [-0.4, -0.2) is 34.2 Å². The van der Waals surface area contributed by atoms with Crippen molar-refractivity contribution in [3.8, 4) is 11.5 Å². The molecular formula is C24H32N2O5S. The summed E-state index contributed by atoms with van der Waals surface area (Å²) >= 11 is 0. The van der Waals surface area contributed by atoms with Crippen molar-refractivity contribution in [1.29, 1.82) is 0 Å². The molecule has 0 fully saturated rings. The molecule has 0 aliphatic carbocycles. The summed E-state index contributed by atoms with van der Waals surface area (Å²) in [5.41, 5.74) is 1.69. The van der Waals surface area contributed by atoms with E-state index in [0.717, 1.165) is 11.1 Å². The molecule has 2 N–H and O–H groups in total. The smallest absolute Gasteiger partial charge is 0.240 e. The quantitative estimate of drug-likeness (QED) is 0.629. The number of benzene rings is 2.